The van der Waals surface area contributed by atoms with Crippen LogP contribution in [-0.2, 0) is 30.3 Å². The second-order valence-corrected chi connectivity index (χ2v) is 10.8. The number of hydrogen-bond acceptors (Lipinski definition) is 7. The molecule has 4 N–H and O–H groups in total. The lowest BCUT2D eigenvalue weighted by atomic mass is 9.90. The van der Waals surface area contributed by atoms with E-state index in [0.717, 1.165) is 31.2 Å². The standard InChI is InChI=1S/C28H41N3O7/c1-17(32)13-24(33)29-18(2)26(35)31-23(15-20-9-11-21(37-4)12-10-20)27(36)30-22(14-19-7-5-6-8-19)25(34)28(3)16-38-28/h9-12,17-19,22-23,32H,5-8,13-16H2,1-4H3,(H,29,33)(H,30,36)(H,31,35)/t17-,18+,22-,23-,28+/m0/s1. The van der Waals surface area contributed by atoms with Crippen molar-refractivity contribution in [3.63, 3.8) is 0 Å². The Morgan fingerprint density at radius 2 is 1.63 bits per heavy atom. The molecule has 0 bridgehead atoms. The van der Waals surface area contributed by atoms with E-state index in [1.54, 1.807) is 38.3 Å². The van der Waals surface area contributed by atoms with Crippen LogP contribution in [-0.4, -0.2) is 72.2 Å². The Kier molecular flexibility index (Phi) is 10.3. The van der Waals surface area contributed by atoms with E-state index in [4.69, 9.17) is 9.47 Å². The second kappa shape index (κ2) is 13.2. The predicted molar refractivity (Wildman–Crippen MR) is 140 cm³/mol. The quantitative estimate of drug-likeness (QED) is 0.266. The third-order valence-electron chi connectivity index (χ3n) is 7.26. The highest BCUT2D eigenvalue weighted by atomic mass is 16.6. The summed E-state index contributed by atoms with van der Waals surface area (Å²) in [6.45, 7) is 5.06. The molecule has 10 nitrogen and oxygen atoms in total. The average Bonchev–Trinajstić information content (AvgIpc) is 3.41. The van der Waals surface area contributed by atoms with E-state index in [0.29, 0.717) is 24.7 Å². The number of aliphatic hydroxyl groups excluding tert-OH is 1. The van der Waals surface area contributed by atoms with E-state index in [-0.39, 0.29) is 18.6 Å². The third kappa shape index (κ3) is 8.52. The number of nitrogens with one attached hydrogen (secondary N) is 3. The summed E-state index contributed by atoms with van der Waals surface area (Å²) in [7, 11) is 1.56. The Bertz CT molecular complexity index is 985. The lowest BCUT2D eigenvalue weighted by Gasteiger charge is -2.26. The molecule has 2 aliphatic rings. The molecule has 0 spiro atoms. The molecule has 10 heteroatoms. The van der Waals surface area contributed by atoms with Gasteiger partial charge in [-0.1, -0.05) is 37.8 Å². The summed E-state index contributed by atoms with van der Waals surface area (Å²) in [6, 6.07) is 4.52. The van der Waals surface area contributed by atoms with Crippen LogP contribution in [0, 0.1) is 5.92 Å². The van der Waals surface area contributed by atoms with Gasteiger partial charge in [0.2, 0.25) is 17.7 Å². The molecule has 1 saturated heterocycles. The number of ketones is 1. The topological polar surface area (TPSA) is 146 Å². The highest BCUT2D eigenvalue weighted by Gasteiger charge is 2.50. The molecule has 1 saturated carbocycles. The largest absolute Gasteiger partial charge is 0.497 e. The number of hydrogen-bond donors (Lipinski definition) is 4. The van der Waals surface area contributed by atoms with Crippen molar-refractivity contribution in [1.29, 1.82) is 0 Å². The van der Waals surface area contributed by atoms with Gasteiger partial charge in [0.25, 0.3) is 0 Å². The van der Waals surface area contributed by atoms with Crippen molar-refractivity contribution in [1.82, 2.24) is 16.0 Å². The Hall–Kier alpha value is -2.98. The molecule has 1 aromatic carbocycles. The van der Waals surface area contributed by atoms with Crippen molar-refractivity contribution in [2.24, 2.45) is 5.92 Å². The fourth-order valence-electron chi connectivity index (χ4n) is 4.84. The van der Waals surface area contributed by atoms with Crippen LogP contribution in [0.3, 0.4) is 0 Å². The van der Waals surface area contributed by atoms with Crippen molar-refractivity contribution < 1.29 is 33.8 Å². The fraction of sp³-hybridized carbons (Fsp3) is 0.643. The zero-order valence-corrected chi connectivity index (χ0v) is 22.7. The number of aliphatic hydroxyl groups is 1. The first-order valence-electron chi connectivity index (χ1n) is 13.4. The monoisotopic (exact) mass is 531 g/mol. The minimum Gasteiger partial charge on any atom is -0.497 e. The maximum atomic E-state index is 13.6. The van der Waals surface area contributed by atoms with Gasteiger partial charge in [0.1, 0.15) is 23.4 Å². The van der Waals surface area contributed by atoms with Gasteiger partial charge in [0.05, 0.1) is 32.3 Å². The van der Waals surface area contributed by atoms with Crippen molar-refractivity contribution in [2.45, 2.75) is 95.5 Å². The molecule has 0 radical (unpaired) electrons. The molecule has 2 fully saturated rings. The van der Waals surface area contributed by atoms with Crippen LogP contribution in [0.2, 0.25) is 0 Å². The molecule has 5 atom stereocenters. The van der Waals surface area contributed by atoms with Crippen LogP contribution in [0.1, 0.15) is 64.9 Å². The van der Waals surface area contributed by atoms with E-state index in [9.17, 15) is 24.3 Å². The number of carbonyl (C=O) groups is 4. The Labute approximate surface area is 224 Å². The number of carbonyl (C=O) groups excluding carboxylic acids is 4. The van der Waals surface area contributed by atoms with Crippen LogP contribution >= 0.6 is 0 Å². The molecule has 1 heterocycles. The van der Waals surface area contributed by atoms with Gasteiger partial charge in [0.15, 0.2) is 5.78 Å². The van der Waals surface area contributed by atoms with Gasteiger partial charge in [-0.25, -0.2) is 0 Å². The zero-order chi connectivity index (χ0) is 27.9. The molecule has 1 aromatic rings. The lowest BCUT2D eigenvalue weighted by Crippen LogP contribution is -2.57. The molecule has 210 valence electrons. The van der Waals surface area contributed by atoms with Crippen LogP contribution in [0.15, 0.2) is 24.3 Å². The second-order valence-electron chi connectivity index (χ2n) is 10.8. The summed E-state index contributed by atoms with van der Waals surface area (Å²) < 4.78 is 10.6. The predicted octanol–water partition coefficient (Wildman–Crippen LogP) is 1.42. The smallest absolute Gasteiger partial charge is 0.243 e. The molecule has 38 heavy (non-hydrogen) atoms. The summed E-state index contributed by atoms with van der Waals surface area (Å²) in [5, 5.41) is 17.6. The number of amides is 3. The van der Waals surface area contributed by atoms with E-state index >= 15 is 0 Å². The number of rotatable bonds is 14. The van der Waals surface area contributed by atoms with Crippen LogP contribution in [0.5, 0.6) is 5.75 Å². The van der Waals surface area contributed by atoms with E-state index < -0.39 is 47.6 Å². The maximum absolute atomic E-state index is 13.6. The van der Waals surface area contributed by atoms with Crippen LogP contribution in [0.25, 0.3) is 0 Å². The molecule has 1 aliphatic heterocycles. The number of ether oxygens (including phenoxy) is 2. The fourth-order valence-corrected chi connectivity index (χ4v) is 4.84. The minimum absolute atomic E-state index is 0.140. The SMILES string of the molecule is COc1ccc(C[C@H](NC(=O)[C@@H](C)NC(=O)C[C@H](C)O)C(=O)N[C@@H](CC2CCCC2)C(=O)[C@@]2(C)CO2)cc1. The number of benzene rings is 1. The van der Waals surface area contributed by atoms with Crippen molar-refractivity contribution in [3.05, 3.63) is 29.8 Å². The highest BCUT2D eigenvalue weighted by molar-refractivity contribution is 5.98. The zero-order valence-electron chi connectivity index (χ0n) is 22.7. The normalized spacial score (nSPS) is 22.0. The first kappa shape index (κ1) is 29.6. The molecule has 1 aliphatic carbocycles. The molecular formula is C28H41N3O7. The first-order chi connectivity index (χ1) is 18.0. The molecule has 0 aromatic heterocycles. The van der Waals surface area contributed by atoms with E-state index in [2.05, 4.69) is 16.0 Å². The summed E-state index contributed by atoms with van der Waals surface area (Å²) in [4.78, 5) is 51.8. The summed E-state index contributed by atoms with van der Waals surface area (Å²) >= 11 is 0. The molecule has 3 amide bonds. The third-order valence-corrected chi connectivity index (χ3v) is 7.26. The Morgan fingerprint density at radius 3 is 2.18 bits per heavy atom. The minimum atomic E-state index is -0.987. The Balaban J connectivity index is 1.75. The highest BCUT2D eigenvalue weighted by Crippen LogP contribution is 2.33. The van der Waals surface area contributed by atoms with Gasteiger partial charge in [-0.15, -0.1) is 0 Å². The first-order valence-corrected chi connectivity index (χ1v) is 13.4. The van der Waals surface area contributed by atoms with Gasteiger partial charge in [0, 0.05) is 6.42 Å². The van der Waals surface area contributed by atoms with E-state index in [1.807, 2.05) is 0 Å². The lowest BCUT2D eigenvalue weighted by molar-refractivity contribution is -0.134. The Morgan fingerprint density at radius 1 is 1.03 bits per heavy atom. The van der Waals surface area contributed by atoms with Crippen molar-refractivity contribution in [3.8, 4) is 5.75 Å². The van der Waals surface area contributed by atoms with Gasteiger partial charge >= 0.3 is 0 Å². The van der Waals surface area contributed by atoms with Crippen molar-refractivity contribution in [2.75, 3.05) is 13.7 Å². The maximum Gasteiger partial charge on any atom is 0.243 e. The van der Waals surface area contributed by atoms with Gasteiger partial charge in [-0.05, 0) is 50.8 Å². The van der Waals surface area contributed by atoms with Gasteiger partial charge in [-0.3, -0.25) is 19.2 Å². The molecular weight excluding hydrogens is 490 g/mol. The van der Waals surface area contributed by atoms with Crippen molar-refractivity contribution >= 4 is 23.5 Å². The molecule has 3 rings (SSSR count). The number of methoxy groups -OCH3 is 1. The average molecular weight is 532 g/mol. The van der Waals surface area contributed by atoms with Gasteiger partial charge < -0.3 is 30.5 Å². The molecule has 0 unspecified atom stereocenters. The number of epoxide rings is 1. The summed E-state index contributed by atoms with van der Waals surface area (Å²) in [5.74, 6) is -0.630. The summed E-state index contributed by atoms with van der Waals surface area (Å²) in [6.07, 6.45) is 4.00. The number of Topliss-reactive ketones (excluding diaryl/α,β-unsaturated/α-hetero) is 1. The summed E-state index contributed by atoms with van der Waals surface area (Å²) in [5.41, 5.74) is -0.0957. The van der Waals surface area contributed by atoms with Crippen LogP contribution in [0.4, 0.5) is 0 Å². The van der Waals surface area contributed by atoms with Gasteiger partial charge in [-0.2, -0.15) is 0 Å². The van der Waals surface area contributed by atoms with E-state index in [1.165, 1.54) is 13.8 Å². The van der Waals surface area contributed by atoms with Crippen LogP contribution < -0.4 is 20.7 Å².